The van der Waals surface area contributed by atoms with E-state index in [9.17, 15) is 4.79 Å². The number of nitrogens with one attached hydrogen (secondary N) is 1. The maximum absolute atomic E-state index is 10.8. The summed E-state index contributed by atoms with van der Waals surface area (Å²) in [4.78, 5) is 10.8. The number of carboxylic acids is 1. The molecule has 98 valence electrons. The zero-order valence-corrected chi connectivity index (χ0v) is 11.2. The van der Waals surface area contributed by atoms with E-state index in [4.69, 9.17) is 34.0 Å². The summed E-state index contributed by atoms with van der Waals surface area (Å²) in [5.41, 5.74) is 7.32. The molecule has 0 unspecified atom stereocenters. The van der Waals surface area contributed by atoms with Crippen LogP contribution in [-0.2, 0) is 0 Å². The van der Waals surface area contributed by atoms with Gasteiger partial charge in [0, 0.05) is 17.1 Å². The van der Waals surface area contributed by atoms with Crippen molar-refractivity contribution in [3.63, 3.8) is 0 Å². The quantitative estimate of drug-likeness (QED) is 0.748. The van der Waals surface area contributed by atoms with Crippen molar-refractivity contribution in [2.24, 2.45) is 0 Å². The fourth-order valence-electron chi connectivity index (χ4n) is 1.58. The SMILES string of the molecule is Nc1cc(Nc2ccc(Cl)c(Cl)c2)ccc1C(=O)O. The fourth-order valence-corrected chi connectivity index (χ4v) is 1.87. The summed E-state index contributed by atoms with van der Waals surface area (Å²) in [6, 6.07) is 9.72. The van der Waals surface area contributed by atoms with Gasteiger partial charge in [0.15, 0.2) is 0 Å². The van der Waals surface area contributed by atoms with Crippen molar-refractivity contribution in [3.05, 3.63) is 52.0 Å². The van der Waals surface area contributed by atoms with E-state index >= 15 is 0 Å². The number of carboxylic acid groups (broad SMARTS) is 1. The van der Waals surface area contributed by atoms with E-state index in [2.05, 4.69) is 5.32 Å². The summed E-state index contributed by atoms with van der Waals surface area (Å²) >= 11 is 11.7. The van der Waals surface area contributed by atoms with Crippen LogP contribution in [0.25, 0.3) is 0 Å². The molecule has 2 aromatic carbocycles. The molecule has 0 aliphatic heterocycles. The van der Waals surface area contributed by atoms with E-state index < -0.39 is 5.97 Å². The molecular formula is C13H10Cl2N2O2. The lowest BCUT2D eigenvalue weighted by atomic mass is 10.1. The van der Waals surface area contributed by atoms with Crippen molar-refractivity contribution in [3.8, 4) is 0 Å². The highest BCUT2D eigenvalue weighted by molar-refractivity contribution is 6.42. The number of nitrogens with two attached hydrogens (primary N) is 1. The van der Waals surface area contributed by atoms with Crippen LogP contribution in [0.15, 0.2) is 36.4 Å². The number of carbonyl (C=O) groups is 1. The topological polar surface area (TPSA) is 75.3 Å². The minimum absolute atomic E-state index is 0.0692. The van der Waals surface area contributed by atoms with Gasteiger partial charge in [-0.15, -0.1) is 0 Å². The molecule has 4 nitrogen and oxygen atoms in total. The van der Waals surface area contributed by atoms with E-state index in [1.165, 1.54) is 6.07 Å². The predicted octanol–water partition coefficient (Wildman–Crippen LogP) is 4.02. The summed E-state index contributed by atoms with van der Waals surface area (Å²) in [5, 5.41) is 12.8. The van der Waals surface area contributed by atoms with Gasteiger partial charge in [0.25, 0.3) is 0 Å². The standard InChI is InChI=1S/C13H10Cl2N2O2/c14-10-4-2-7(5-11(10)15)17-8-1-3-9(13(18)19)12(16)6-8/h1-6,17H,16H2,(H,18,19). The van der Waals surface area contributed by atoms with Gasteiger partial charge in [-0.25, -0.2) is 4.79 Å². The van der Waals surface area contributed by atoms with Gasteiger partial charge in [-0.2, -0.15) is 0 Å². The van der Waals surface area contributed by atoms with Gasteiger partial charge in [-0.1, -0.05) is 23.2 Å². The second-order valence-corrected chi connectivity index (χ2v) is 4.68. The number of hydrogen-bond donors (Lipinski definition) is 3. The number of halogens is 2. The van der Waals surface area contributed by atoms with Gasteiger partial charge >= 0.3 is 5.97 Å². The van der Waals surface area contributed by atoms with Gasteiger partial charge in [0.1, 0.15) is 0 Å². The second kappa shape index (κ2) is 5.38. The number of benzene rings is 2. The molecule has 2 aromatic rings. The average Bonchev–Trinajstić information content (AvgIpc) is 2.33. The second-order valence-electron chi connectivity index (χ2n) is 3.86. The summed E-state index contributed by atoms with van der Waals surface area (Å²) in [6.07, 6.45) is 0. The third kappa shape index (κ3) is 3.10. The number of rotatable bonds is 3. The van der Waals surface area contributed by atoms with Crippen LogP contribution in [0.4, 0.5) is 17.1 Å². The Bertz CT molecular complexity index is 645. The first-order valence-electron chi connectivity index (χ1n) is 5.32. The number of aromatic carboxylic acids is 1. The highest BCUT2D eigenvalue weighted by Gasteiger charge is 2.08. The first-order chi connectivity index (χ1) is 8.97. The number of hydrogen-bond acceptors (Lipinski definition) is 3. The van der Waals surface area contributed by atoms with Crippen molar-refractivity contribution >= 4 is 46.2 Å². The number of nitrogen functional groups attached to an aromatic ring is 1. The predicted molar refractivity (Wildman–Crippen MR) is 77.6 cm³/mol. The van der Waals surface area contributed by atoms with E-state index in [-0.39, 0.29) is 11.3 Å². The van der Waals surface area contributed by atoms with Gasteiger partial charge in [-0.05, 0) is 36.4 Å². The van der Waals surface area contributed by atoms with E-state index in [1.54, 1.807) is 30.3 Å². The highest BCUT2D eigenvalue weighted by Crippen LogP contribution is 2.28. The molecule has 0 aliphatic rings. The molecule has 2 rings (SSSR count). The van der Waals surface area contributed by atoms with Crippen LogP contribution in [0.3, 0.4) is 0 Å². The molecule has 4 N–H and O–H groups in total. The Labute approximate surface area is 119 Å². The third-order valence-corrected chi connectivity index (χ3v) is 3.23. The Hall–Kier alpha value is -1.91. The lowest BCUT2D eigenvalue weighted by Crippen LogP contribution is -2.02. The summed E-state index contributed by atoms with van der Waals surface area (Å²) in [5.74, 6) is -1.06. The summed E-state index contributed by atoms with van der Waals surface area (Å²) in [6.45, 7) is 0. The average molecular weight is 297 g/mol. The molecule has 0 radical (unpaired) electrons. The van der Waals surface area contributed by atoms with Crippen molar-refractivity contribution in [1.82, 2.24) is 0 Å². The maximum Gasteiger partial charge on any atom is 0.337 e. The van der Waals surface area contributed by atoms with E-state index in [1.807, 2.05) is 0 Å². The van der Waals surface area contributed by atoms with Crippen LogP contribution < -0.4 is 11.1 Å². The lowest BCUT2D eigenvalue weighted by molar-refractivity contribution is 0.0698. The van der Waals surface area contributed by atoms with Gasteiger partial charge in [0.2, 0.25) is 0 Å². The normalized spacial score (nSPS) is 10.2. The largest absolute Gasteiger partial charge is 0.478 e. The summed E-state index contributed by atoms with van der Waals surface area (Å²) < 4.78 is 0. The van der Waals surface area contributed by atoms with Crippen LogP contribution in [0, 0.1) is 0 Å². The third-order valence-electron chi connectivity index (χ3n) is 2.49. The monoisotopic (exact) mass is 296 g/mol. The molecule has 0 spiro atoms. The molecule has 6 heteroatoms. The molecule has 0 aromatic heterocycles. The lowest BCUT2D eigenvalue weighted by Gasteiger charge is -2.09. The van der Waals surface area contributed by atoms with Crippen LogP contribution in [0.5, 0.6) is 0 Å². The Kier molecular flexibility index (Phi) is 3.83. The van der Waals surface area contributed by atoms with Crippen molar-refractivity contribution < 1.29 is 9.90 Å². The van der Waals surface area contributed by atoms with Gasteiger partial charge < -0.3 is 16.2 Å². The fraction of sp³-hybridized carbons (Fsp3) is 0. The van der Waals surface area contributed by atoms with Crippen LogP contribution in [0.2, 0.25) is 10.0 Å². The first-order valence-corrected chi connectivity index (χ1v) is 6.08. The highest BCUT2D eigenvalue weighted by atomic mass is 35.5. The van der Waals surface area contributed by atoms with Crippen LogP contribution in [-0.4, -0.2) is 11.1 Å². The van der Waals surface area contributed by atoms with Crippen molar-refractivity contribution in [2.75, 3.05) is 11.1 Å². The summed E-state index contributed by atoms with van der Waals surface area (Å²) in [7, 11) is 0. The Morgan fingerprint density at radius 1 is 1.05 bits per heavy atom. The van der Waals surface area contributed by atoms with Gasteiger partial charge in [0.05, 0.1) is 15.6 Å². The number of anilines is 3. The molecule has 19 heavy (non-hydrogen) atoms. The van der Waals surface area contributed by atoms with E-state index in [0.29, 0.717) is 15.7 Å². The maximum atomic E-state index is 10.8. The Morgan fingerprint density at radius 2 is 1.68 bits per heavy atom. The minimum Gasteiger partial charge on any atom is -0.478 e. The van der Waals surface area contributed by atoms with Crippen LogP contribution in [0.1, 0.15) is 10.4 Å². The minimum atomic E-state index is -1.06. The first kappa shape index (κ1) is 13.5. The Balaban J connectivity index is 2.26. The molecule has 0 fully saturated rings. The van der Waals surface area contributed by atoms with Gasteiger partial charge in [-0.3, -0.25) is 0 Å². The molecule has 0 saturated carbocycles. The smallest absolute Gasteiger partial charge is 0.337 e. The molecular weight excluding hydrogens is 287 g/mol. The Morgan fingerprint density at radius 3 is 2.26 bits per heavy atom. The molecule has 0 bridgehead atoms. The van der Waals surface area contributed by atoms with Crippen LogP contribution >= 0.6 is 23.2 Å². The van der Waals surface area contributed by atoms with E-state index in [0.717, 1.165) is 5.69 Å². The zero-order valence-electron chi connectivity index (χ0n) is 9.65. The molecule has 0 atom stereocenters. The van der Waals surface area contributed by atoms with Crippen molar-refractivity contribution in [2.45, 2.75) is 0 Å². The molecule has 0 saturated heterocycles. The van der Waals surface area contributed by atoms with Crippen molar-refractivity contribution in [1.29, 1.82) is 0 Å². The molecule has 0 amide bonds. The molecule has 0 aliphatic carbocycles. The zero-order chi connectivity index (χ0) is 14.0. The molecule has 0 heterocycles.